The predicted molar refractivity (Wildman–Crippen MR) is 77.2 cm³/mol. The fraction of sp³-hybridized carbons (Fsp3) is 0.0769. The summed E-state index contributed by atoms with van der Waals surface area (Å²) in [4.78, 5) is 24.3. The van der Waals surface area contributed by atoms with Crippen LogP contribution in [0.1, 0.15) is 25.6 Å². The number of hydrogen-bond acceptors (Lipinski definition) is 5. The van der Waals surface area contributed by atoms with E-state index in [1.807, 2.05) is 0 Å². The van der Waals surface area contributed by atoms with E-state index in [0.717, 1.165) is 7.11 Å². The molecule has 1 heterocycles. The smallest absolute Gasteiger partial charge is 0.341 e. The summed E-state index contributed by atoms with van der Waals surface area (Å²) < 4.78 is 4.53. The fourth-order valence-corrected chi connectivity index (χ4v) is 2.70. The molecule has 2 aromatic rings. The molecule has 0 aliphatic heterocycles. The normalized spacial score (nSPS) is 10.3. The van der Waals surface area contributed by atoms with Gasteiger partial charge in [0.05, 0.1) is 17.0 Å². The number of thiophene rings is 1. The molecular formula is C13H8Cl2O4S. The first-order chi connectivity index (χ1) is 9.47. The monoisotopic (exact) mass is 330 g/mol. The Labute approximate surface area is 128 Å². The van der Waals surface area contributed by atoms with Crippen molar-refractivity contribution in [2.24, 2.45) is 0 Å². The second-order valence-corrected chi connectivity index (χ2v) is 5.45. The van der Waals surface area contributed by atoms with Crippen LogP contribution in [0.3, 0.4) is 0 Å². The Kier molecular flexibility index (Phi) is 4.32. The summed E-state index contributed by atoms with van der Waals surface area (Å²) in [5, 5.41) is 11.2. The van der Waals surface area contributed by atoms with Gasteiger partial charge in [-0.25, -0.2) is 4.79 Å². The Bertz CT molecular complexity index is 680. The molecule has 0 saturated carbocycles. The van der Waals surface area contributed by atoms with Crippen LogP contribution in [0.4, 0.5) is 0 Å². The summed E-state index contributed by atoms with van der Waals surface area (Å²) in [6, 6.07) is 4.52. The van der Waals surface area contributed by atoms with Crippen LogP contribution in [0.25, 0.3) is 0 Å². The van der Waals surface area contributed by atoms with Gasteiger partial charge < -0.3 is 9.84 Å². The van der Waals surface area contributed by atoms with E-state index in [9.17, 15) is 14.7 Å². The molecule has 0 radical (unpaired) electrons. The van der Waals surface area contributed by atoms with Crippen molar-refractivity contribution in [3.05, 3.63) is 49.6 Å². The molecule has 1 aromatic carbocycles. The van der Waals surface area contributed by atoms with Crippen molar-refractivity contribution < 1.29 is 19.4 Å². The van der Waals surface area contributed by atoms with Gasteiger partial charge in [0.2, 0.25) is 5.78 Å². The van der Waals surface area contributed by atoms with Gasteiger partial charge in [-0.2, -0.15) is 0 Å². The van der Waals surface area contributed by atoms with E-state index in [2.05, 4.69) is 4.74 Å². The Hall–Kier alpha value is -1.56. The number of halogens is 2. The zero-order valence-corrected chi connectivity index (χ0v) is 12.5. The predicted octanol–water partition coefficient (Wildman–Crippen LogP) is 3.78. The number of methoxy groups -OCH3 is 1. The lowest BCUT2D eigenvalue weighted by molar-refractivity contribution is 0.0597. The minimum Gasteiger partial charge on any atom is -0.505 e. The van der Waals surface area contributed by atoms with Gasteiger partial charge >= 0.3 is 5.97 Å². The van der Waals surface area contributed by atoms with E-state index in [4.69, 9.17) is 23.2 Å². The van der Waals surface area contributed by atoms with E-state index in [1.54, 1.807) is 17.5 Å². The molecule has 0 saturated heterocycles. The van der Waals surface area contributed by atoms with Crippen molar-refractivity contribution in [2.45, 2.75) is 0 Å². The van der Waals surface area contributed by atoms with Crippen LogP contribution in [0, 0.1) is 0 Å². The highest BCUT2D eigenvalue weighted by Gasteiger charge is 2.24. The molecule has 1 aromatic heterocycles. The molecule has 4 nitrogen and oxygen atoms in total. The molecule has 0 aliphatic rings. The molecule has 7 heteroatoms. The number of carbonyl (C=O) groups excluding carboxylic acids is 2. The van der Waals surface area contributed by atoms with Gasteiger partial charge in [-0.1, -0.05) is 29.3 Å². The number of rotatable bonds is 3. The highest BCUT2D eigenvalue weighted by molar-refractivity contribution is 7.12. The number of ether oxygens (including phenoxy) is 1. The molecule has 2 rings (SSSR count). The maximum atomic E-state index is 12.3. The lowest BCUT2D eigenvalue weighted by atomic mass is 10.0. The van der Waals surface area contributed by atoms with Gasteiger partial charge in [0.25, 0.3) is 0 Å². The van der Waals surface area contributed by atoms with Gasteiger partial charge in [-0.3, -0.25) is 4.79 Å². The van der Waals surface area contributed by atoms with Crippen LogP contribution in [0.2, 0.25) is 10.0 Å². The van der Waals surface area contributed by atoms with E-state index < -0.39 is 11.7 Å². The standard InChI is InChI=1S/C13H8Cl2O4S/c1-19-13(18)7-5-6(9(14)10(15)12(7)17)11(16)8-3-2-4-20-8/h2-5,17H,1H3. The van der Waals surface area contributed by atoms with Crippen LogP contribution in [-0.4, -0.2) is 24.0 Å². The van der Waals surface area contributed by atoms with Gasteiger partial charge in [0.15, 0.2) is 0 Å². The molecule has 0 atom stereocenters. The third-order valence-electron chi connectivity index (χ3n) is 2.58. The number of phenolic OH excluding ortho intramolecular Hbond substituents is 1. The van der Waals surface area contributed by atoms with Gasteiger partial charge in [0, 0.05) is 5.56 Å². The lowest BCUT2D eigenvalue weighted by Gasteiger charge is -2.10. The average molecular weight is 331 g/mol. The van der Waals surface area contributed by atoms with Crippen LogP contribution in [0.5, 0.6) is 5.75 Å². The van der Waals surface area contributed by atoms with Crippen LogP contribution >= 0.6 is 34.5 Å². The first kappa shape index (κ1) is 14.8. The third-order valence-corrected chi connectivity index (χ3v) is 4.30. The summed E-state index contributed by atoms with van der Waals surface area (Å²) in [5.41, 5.74) is -0.167. The molecular weight excluding hydrogens is 323 g/mol. The molecule has 20 heavy (non-hydrogen) atoms. The second-order valence-electron chi connectivity index (χ2n) is 3.75. The van der Waals surface area contributed by atoms with Crippen molar-refractivity contribution >= 4 is 46.3 Å². The van der Waals surface area contributed by atoms with Crippen molar-refractivity contribution in [3.8, 4) is 5.75 Å². The summed E-state index contributed by atoms with van der Waals surface area (Å²) >= 11 is 13.1. The maximum absolute atomic E-state index is 12.3. The highest BCUT2D eigenvalue weighted by atomic mass is 35.5. The van der Waals surface area contributed by atoms with E-state index in [-0.39, 0.29) is 27.0 Å². The first-order valence-electron chi connectivity index (χ1n) is 5.34. The summed E-state index contributed by atoms with van der Waals surface area (Å²) in [6.07, 6.45) is 0. The number of hydrogen-bond donors (Lipinski definition) is 1. The fourth-order valence-electron chi connectivity index (χ4n) is 1.59. The molecule has 0 amide bonds. The van der Waals surface area contributed by atoms with Crippen LogP contribution in [0.15, 0.2) is 23.6 Å². The number of carbonyl (C=O) groups is 2. The molecule has 0 spiro atoms. The molecule has 104 valence electrons. The molecule has 0 unspecified atom stereocenters. The van der Waals surface area contributed by atoms with Crippen LogP contribution in [-0.2, 0) is 4.74 Å². The zero-order valence-electron chi connectivity index (χ0n) is 10.1. The van der Waals surface area contributed by atoms with Crippen molar-refractivity contribution in [3.63, 3.8) is 0 Å². The maximum Gasteiger partial charge on any atom is 0.341 e. The average Bonchev–Trinajstić information content (AvgIpc) is 2.98. The van der Waals surface area contributed by atoms with E-state index >= 15 is 0 Å². The molecule has 0 bridgehead atoms. The molecule has 1 N–H and O–H groups in total. The highest BCUT2D eigenvalue weighted by Crippen LogP contribution is 2.38. The number of esters is 1. The van der Waals surface area contributed by atoms with Crippen LogP contribution < -0.4 is 0 Å². The number of ketones is 1. The SMILES string of the molecule is COC(=O)c1cc(C(=O)c2cccs2)c(Cl)c(Cl)c1O. The summed E-state index contributed by atoms with van der Waals surface area (Å²) in [7, 11) is 1.16. The second kappa shape index (κ2) is 5.83. The van der Waals surface area contributed by atoms with Crippen molar-refractivity contribution in [1.82, 2.24) is 0 Å². The first-order valence-corrected chi connectivity index (χ1v) is 6.98. The van der Waals surface area contributed by atoms with Gasteiger partial charge in [-0.15, -0.1) is 11.3 Å². The Balaban J connectivity index is 2.62. The Morgan fingerprint density at radius 1 is 1.25 bits per heavy atom. The van der Waals surface area contributed by atoms with E-state index in [1.165, 1.54) is 17.4 Å². The number of benzene rings is 1. The topological polar surface area (TPSA) is 63.6 Å². The largest absolute Gasteiger partial charge is 0.505 e. The quantitative estimate of drug-likeness (QED) is 0.687. The number of aromatic hydroxyl groups is 1. The van der Waals surface area contributed by atoms with Gasteiger partial charge in [0.1, 0.15) is 16.3 Å². The molecule has 0 aliphatic carbocycles. The number of phenols is 1. The Morgan fingerprint density at radius 2 is 1.95 bits per heavy atom. The summed E-state index contributed by atoms with van der Waals surface area (Å²) in [5.74, 6) is -1.69. The molecule has 0 fully saturated rings. The van der Waals surface area contributed by atoms with Crippen molar-refractivity contribution in [1.29, 1.82) is 0 Å². The third kappa shape index (κ3) is 2.52. The Morgan fingerprint density at radius 3 is 2.50 bits per heavy atom. The minimum absolute atomic E-state index is 0.0392. The van der Waals surface area contributed by atoms with Gasteiger partial charge in [-0.05, 0) is 17.5 Å². The summed E-state index contributed by atoms with van der Waals surface area (Å²) in [6.45, 7) is 0. The zero-order chi connectivity index (χ0) is 14.9. The minimum atomic E-state index is -0.804. The van der Waals surface area contributed by atoms with Crippen molar-refractivity contribution in [2.75, 3.05) is 7.11 Å². The lowest BCUT2D eigenvalue weighted by Crippen LogP contribution is -2.07. The van der Waals surface area contributed by atoms with E-state index in [0.29, 0.717) is 4.88 Å².